The zero-order valence-corrected chi connectivity index (χ0v) is 36.2. The lowest BCUT2D eigenvalue weighted by atomic mass is 10.0. The van der Waals surface area contributed by atoms with Crippen molar-refractivity contribution in [3.63, 3.8) is 0 Å². The lowest BCUT2D eigenvalue weighted by molar-refractivity contribution is -0.127. The second kappa shape index (κ2) is 18.0. The third-order valence-electron chi connectivity index (χ3n) is 10.5. The Bertz CT molecular complexity index is 2660. The standard InChI is InChI=1S/C35H43FN12O12P2S/c1-16(2)25(37)33(50)45-17(3)32(49)46-19-6-4-18(5-7-19)11-63-62(54)56-10-22-28(24(36)35(58-22)48-15-43-26-29(38)39-12-40-30(26)48)60-61(52,53)55-9-21-20(59-62)8-23(57-21)47-14-44-27-31(47)41-13-42-34(27)51/h4-7,12-17,20-25,28,35H,8-11,37H2,1-3H3,(H,45,50)(H,46,49)(H,52,53)(H2,38,39,40)(H,41,42,51)/t17-,20-,21+,22+,23+,24+,25-,28+,35+,62?/m0/s1. The van der Waals surface area contributed by atoms with E-state index in [2.05, 4.69) is 40.5 Å². The van der Waals surface area contributed by atoms with Crippen LogP contribution in [-0.4, -0.2) is 112 Å². The summed E-state index contributed by atoms with van der Waals surface area (Å²) in [5.74, 6) is -1.02. The molecule has 8 rings (SSSR count). The first kappa shape index (κ1) is 44.9. The molecule has 338 valence electrons. The molecule has 0 bridgehead atoms. The van der Waals surface area contributed by atoms with Gasteiger partial charge in [0, 0.05) is 17.9 Å². The molecule has 3 fully saturated rings. The van der Waals surface area contributed by atoms with Crippen molar-refractivity contribution in [3.05, 3.63) is 65.5 Å². The fourth-order valence-corrected chi connectivity index (χ4v) is 11.4. The number of anilines is 2. The first-order valence-electron chi connectivity index (χ1n) is 19.5. The Morgan fingerprint density at radius 2 is 1.67 bits per heavy atom. The number of phosphoric ester groups is 1. The third kappa shape index (κ3) is 9.56. The quantitative estimate of drug-likeness (QED) is 0.110. The van der Waals surface area contributed by atoms with Crippen molar-refractivity contribution in [2.75, 3.05) is 24.3 Å². The Morgan fingerprint density at radius 1 is 0.952 bits per heavy atom. The predicted octanol–water partition coefficient (Wildman–Crippen LogP) is 2.45. The summed E-state index contributed by atoms with van der Waals surface area (Å²) in [6.07, 6.45) is -5.44. The molecule has 5 aromatic rings. The number of imidazole rings is 2. The van der Waals surface area contributed by atoms with Crippen molar-refractivity contribution in [2.24, 2.45) is 11.7 Å². The molecule has 4 aromatic heterocycles. The highest BCUT2D eigenvalue weighted by atomic mass is 32.7. The summed E-state index contributed by atoms with van der Waals surface area (Å²) in [5.41, 5.74) is 12.8. The maximum absolute atomic E-state index is 16.5. The molecule has 7 heterocycles. The minimum Gasteiger partial charge on any atom is -0.382 e. The van der Waals surface area contributed by atoms with E-state index in [1.54, 1.807) is 38.1 Å². The van der Waals surface area contributed by atoms with Crippen LogP contribution in [0, 0.1) is 5.92 Å². The van der Waals surface area contributed by atoms with E-state index in [4.69, 9.17) is 39.0 Å². The number of H-pyrrole nitrogens is 1. The molecule has 8 N–H and O–H groups in total. The van der Waals surface area contributed by atoms with Gasteiger partial charge in [0.2, 0.25) is 11.8 Å². The molecule has 0 radical (unpaired) electrons. The first-order valence-corrected chi connectivity index (χ1v) is 24.1. The van der Waals surface area contributed by atoms with Gasteiger partial charge in [0.15, 0.2) is 35.0 Å². The number of carbonyl (C=O) groups excluding carboxylic acids is 2. The smallest absolute Gasteiger partial charge is 0.382 e. The SMILES string of the molecule is CC(C)[C@H](N)C(=O)N[C@@H](C)C(=O)Nc1ccc(CSP2(=O)OC[C@H]3O[C@@H](n4cnc5c(N)ncnc54)[C@H](F)[C@@H]3OP(=O)(O)OC[C@H]3O[C@@H](n4cnc5c(=O)[nH]cnc54)C[C@@H]3O2)cc1. The van der Waals surface area contributed by atoms with Crippen LogP contribution >= 0.6 is 26.0 Å². The van der Waals surface area contributed by atoms with E-state index in [1.807, 2.05) is 0 Å². The van der Waals surface area contributed by atoms with Crippen molar-refractivity contribution < 1.29 is 55.6 Å². The molecule has 3 aliphatic rings. The lowest BCUT2D eigenvalue weighted by Gasteiger charge is -2.28. The summed E-state index contributed by atoms with van der Waals surface area (Å²) >= 11 is 0.780. The minimum atomic E-state index is -5.08. The van der Waals surface area contributed by atoms with Crippen molar-refractivity contribution in [1.82, 2.24) is 44.4 Å². The Hall–Kier alpha value is -4.72. The lowest BCUT2D eigenvalue weighted by Crippen LogP contribution is -2.50. The van der Waals surface area contributed by atoms with Crippen LogP contribution in [0.5, 0.6) is 0 Å². The third-order valence-corrected chi connectivity index (χ3v) is 15.2. The van der Waals surface area contributed by atoms with E-state index >= 15 is 4.39 Å². The average molecular weight is 937 g/mol. The number of ether oxygens (including phenoxy) is 2. The van der Waals surface area contributed by atoms with E-state index in [-0.39, 0.29) is 46.2 Å². The normalized spacial score (nSPS) is 30.0. The molecule has 0 spiro atoms. The van der Waals surface area contributed by atoms with Crippen molar-refractivity contribution in [1.29, 1.82) is 0 Å². The Kier molecular flexibility index (Phi) is 12.9. The maximum Gasteiger partial charge on any atom is 0.472 e. The molecule has 3 aliphatic heterocycles. The molecule has 2 unspecified atom stereocenters. The van der Waals surface area contributed by atoms with E-state index in [9.17, 15) is 28.4 Å². The van der Waals surface area contributed by atoms with Crippen LogP contribution in [0.1, 0.15) is 45.2 Å². The fourth-order valence-electron chi connectivity index (χ4n) is 6.99. The van der Waals surface area contributed by atoms with Gasteiger partial charge in [-0.05, 0) is 41.9 Å². The number of alkyl halides is 1. The topological polar surface area (TPSA) is 327 Å². The Labute approximate surface area is 360 Å². The van der Waals surface area contributed by atoms with Crippen LogP contribution in [0.3, 0.4) is 0 Å². The summed E-state index contributed by atoms with van der Waals surface area (Å²) in [4.78, 5) is 71.5. The van der Waals surface area contributed by atoms with Crippen LogP contribution < -0.4 is 27.7 Å². The number of nitrogens with two attached hydrogens (primary N) is 2. The van der Waals surface area contributed by atoms with Gasteiger partial charge in [-0.25, -0.2) is 38.4 Å². The van der Waals surface area contributed by atoms with Crippen molar-refractivity contribution in [3.8, 4) is 0 Å². The monoisotopic (exact) mass is 936 g/mol. The first-order chi connectivity index (χ1) is 30.0. The second-order valence-electron chi connectivity index (χ2n) is 15.2. The summed E-state index contributed by atoms with van der Waals surface area (Å²) in [5, 5.41) is 5.33. The van der Waals surface area contributed by atoms with Gasteiger partial charge in [-0.2, -0.15) is 0 Å². The molecule has 3 saturated heterocycles. The molecule has 11 atom stereocenters. The average Bonchev–Trinajstić information content (AvgIpc) is 4.04. The number of phosphoric acid groups is 1. The van der Waals surface area contributed by atoms with Crippen molar-refractivity contribution in [2.45, 2.75) is 88.1 Å². The number of fused-ring (bicyclic) bond motifs is 4. The number of nitrogens with zero attached hydrogens (tertiary/aromatic N) is 7. The number of carbonyl (C=O) groups is 2. The molecular formula is C35H43FN12O12P2S. The molecular weight excluding hydrogens is 893 g/mol. The van der Waals surface area contributed by atoms with Gasteiger partial charge in [-0.3, -0.25) is 41.6 Å². The molecule has 28 heteroatoms. The van der Waals surface area contributed by atoms with E-state index in [1.165, 1.54) is 35.0 Å². The number of aromatic nitrogens is 8. The highest BCUT2D eigenvalue weighted by molar-refractivity contribution is 8.54. The van der Waals surface area contributed by atoms with E-state index in [0.717, 1.165) is 17.7 Å². The van der Waals surface area contributed by atoms with Gasteiger partial charge >= 0.3 is 14.6 Å². The number of amides is 2. The van der Waals surface area contributed by atoms with Crippen molar-refractivity contribution >= 4 is 71.6 Å². The molecule has 1 aromatic carbocycles. The summed E-state index contributed by atoms with van der Waals surface area (Å²) < 4.78 is 82.8. The van der Waals surface area contributed by atoms with Crippen LogP contribution in [0.4, 0.5) is 15.9 Å². The van der Waals surface area contributed by atoms with E-state index < -0.39 is 100 Å². The number of aromatic amines is 1. The van der Waals surface area contributed by atoms with Gasteiger partial charge < -0.3 is 41.5 Å². The maximum atomic E-state index is 16.5. The number of nitrogens with one attached hydrogen (secondary N) is 3. The number of hydrogen-bond donors (Lipinski definition) is 6. The van der Waals surface area contributed by atoms with Gasteiger partial charge in [0.05, 0.1) is 38.2 Å². The fraction of sp³-hybridized carbons (Fsp3) is 0.486. The van der Waals surface area contributed by atoms with Gasteiger partial charge in [-0.1, -0.05) is 26.0 Å². The summed E-state index contributed by atoms with van der Waals surface area (Å²) in [6, 6.07) is 4.89. The van der Waals surface area contributed by atoms with Crippen LogP contribution in [-0.2, 0) is 52.0 Å². The van der Waals surface area contributed by atoms with Gasteiger partial charge in [0.25, 0.3) is 5.56 Å². The molecule has 24 nitrogen and oxygen atoms in total. The number of halogens is 1. The molecule has 2 amide bonds. The highest BCUT2D eigenvalue weighted by Crippen LogP contribution is 2.64. The zero-order chi connectivity index (χ0) is 44.8. The minimum absolute atomic E-state index is 0.0184. The second-order valence-corrected chi connectivity index (χ2v) is 20.6. The van der Waals surface area contributed by atoms with Crippen LogP contribution in [0.2, 0.25) is 0 Å². The van der Waals surface area contributed by atoms with Gasteiger partial charge in [0.1, 0.15) is 48.5 Å². The summed E-state index contributed by atoms with van der Waals surface area (Å²) in [7, 11) is -5.08. The Balaban J connectivity index is 1.03. The number of hydrogen-bond acceptors (Lipinski definition) is 19. The largest absolute Gasteiger partial charge is 0.472 e. The van der Waals surface area contributed by atoms with Crippen LogP contribution in [0.25, 0.3) is 22.3 Å². The molecule has 0 aliphatic carbocycles. The predicted molar refractivity (Wildman–Crippen MR) is 221 cm³/mol. The van der Waals surface area contributed by atoms with E-state index in [0.29, 0.717) is 11.3 Å². The summed E-state index contributed by atoms with van der Waals surface area (Å²) in [6.45, 7) is -0.559. The number of rotatable bonds is 10. The number of benzene rings is 1. The van der Waals surface area contributed by atoms with Crippen LogP contribution in [0.15, 0.2) is 54.4 Å². The van der Waals surface area contributed by atoms with Gasteiger partial charge in [-0.15, -0.1) is 0 Å². The number of nitrogen functional groups attached to an aromatic ring is 1. The molecule has 0 saturated carbocycles. The highest BCUT2D eigenvalue weighted by Gasteiger charge is 2.53. The zero-order valence-electron chi connectivity index (χ0n) is 33.6. The Morgan fingerprint density at radius 3 is 2.43 bits per heavy atom. The molecule has 63 heavy (non-hydrogen) atoms.